The minimum atomic E-state index is 0.708. The van der Waals surface area contributed by atoms with E-state index in [0.717, 1.165) is 12.5 Å². The standard InChI is InChI=1S/C9H20N2/c1-8(6-10)5-9-3-2-4-11-7-9/h8-9,11H,2-7,10H2,1H3. The van der Waals surface area contributed by atoms with Crippen LogP contribution in [0.4, 0.5) is 0 Å². The highest BCUT2D eigenvalue weighted by Crippen LogP contribution is 2.18. The van der Waals surface area contributed by atoms with Crippen molar-refractivity contribution in [3.8, 4) is 0 Å². The molecule has 1 heterocycles. The predicted molar refractivity (Wildman–Crippen MR) is 48.4 cm³/mol. The molecule has 2 heteroatoms. The first kappa shape index (κ1) is 9.01. The molecule has 1 rings (SSSR count). The molecule has 11 heavy (non-hydrogen) atoms. The lowest BCUT2D eigenvalue weighted by molar-refractivity contribution is 0.315. The second kappa shape index (κ2) is 4.73. The van der Waals surface area contributed by atoms with Crippen molar-refractivity contribution in [2.75, 3.05) is 19.6 Å². The molecular weight excluding hydrogens is 136 g/mol. The Morgan fingerprint density at radius 1 is 1.64 bits per heavy atom. The van der Waals surface area contributed by atoms with Gasteiger partial charge in [-0.2, -0.15) is 0 Å². The van der Waals surface area contributed by atoms with E-state index in [0.29, 0.717) is 5.92 Å². The lowest BCUT2D eigenvalue weighted by Gasteiger charge is -2.24. The smallest absolute Gasteiger partial charge is 0.00204 e. The molecule has 66 valence electrons. The van der Waals surface area contributed by atoms with Gasteiger partial charge in [0.15, 0.2) is 0 Å². The molecule has 2 unspecified atom stereocenters. The van der Waals surface area contributed by atoms with Gasteiger partial charge in [0.1, 0.15) is 0 Å². The van der Waals surface area contributed by atoms with Gasteiger partial charge in [-0.3, -0.25) is 0 Å². The van der Waals surface area contributed by atoms with Gasteiger partial charge in [-0.1, -0.05) is 6.92 Å². The van der Waals surface area contributed by atoms with Crippen LogP contribution in [0.25, 0.3) is 0 Å². The molecule has 1 saturated heterocycles. The predicted octanol–water partition coefficient (Wildman–Crippen LogP) is 0.971. The molecule has 0 saturated carbocycles. The normalized spacial score (nSPS) is 28.4. The topological polar surface area (TPSA) is 38.0 Å². The van der Waals surface area contributed by atoms with Crippen LogP contribution in [0, 0.1) is 11.8 Å². The summed E-state index contributed by atoms with van der Waals surface area (Å²) >= 11 is 0. The van der Waals surface area contributed by atoms with Gasteiger partial charge in [-0.15, -0.1) is 0 Å². The van der Waals surface area contributed by atoms with Crippen molar-refractivity contribution in [2.45, 2.75) is 26.2 Å². The first-order chi connectivity index (χ1) is 5.33. The van der Waals surface area contributed by atoms with E-state index in [1.54, 1.807) is 0 Å². The molecule has 1 aliphatic rings. The van der Waals surface area contributed by atoms with Gasteiger partial charge in [0.05, 0.1) is 0 Å². The number of rotatable bonds is 3. The summed E-state index contributed by atoms with van der Waals surface area (Å²) in [6.45, 7) is 5.52. The summed E-state index contributed by atoms with van der Waals surface area (Å²) in [5.41, 5.74) is 5.57. The van der Waals surface area contributed by atoms with Crippen molar-refractivity contribution in [3.63, 3.8) is 0 Å². The van der Waals surface area contributed by atoms with Crippen molar-refractivity contribution in [3.05, 3.63) is 0 Å². The van der Waals surface area contributed by atoms with Crippen LogP contribution in [0.15, 0.2) is 0 Å². The minimum Gasteiger partial charge on any atom is -0.330 e. The van der Waals surface area contributed by atoms with E-state index in [2.05, 4.69) is 12.2 Å². The van der Waals surface area contributed by atoms with E-state index >= 15 is 0 Å². The Morgan fingerprint density at radius 2 is 2.45 bits per heavy atom. The van der Waals surface area contributed by atoms with E-state index in [4.69, 9.17) is 5.73 Å². The Labute approximate surface area is 69.5 Å². The first-order valence-corrected chi connectivity index (χ1v) is 4.73. The van der Waals surface area contributed by atoms with Crippen LogP contribution in [0.1, 0.15) is 26.2 Å². The molecule has 2 nitrogen and oxygen atoms in total. The zero-order valence-corrected chi connectivity index (χ0v) is 7.47. The molecule has 0 aromatic rings. The molecular formula is C9H20N2. The number of nitrogens with two attached hydrogens (primary N) is 1. The molecule has 0 radical (unpaired) electrons. The second-order valence-electron chi connectivity index (χ2n) is 3.79. The maximum absolute atomic E-state index is 5.57. The largest absolute Gasteiger partial charge is 0.330 e. The van der Waals surface area contributed by atoms with Crippen molar-refractivity contribution < 1.29 is 0 Å². The molecule has 3 N–H and O–H groups in total. The summed E-state index contributed by atoms with van der Waals surface area (Å²) in [6.07, 6.45) is 4.06. The fourth-order valence-electron chi connectivity index (χ4n) is 1.79. The number of hydrogen-bond acceptors (Lipinski definition) is 2. The number of hydrogen-bond donors (Lipinski definition) is 2. The molecule has 0 aromatic heterocycles. The Balaban J connectivity index is 2.13. The van der Waals surface area contributed by atoms with E-state index in [-0.39, 0.29) is 0 Å². The highest BCUT2D eigenvalue weighted by atomic mass is 14.9. The van der Waals surface area contributed by atoms with Crippen LogP contribution in [-0.2, 0) is 0 Å². The van der Waals surface area contributed by atoms with E-state index < -0.39 is 0 Å². The van der Waals surface area contributed by atoms with Crippen LogP contribution < -0.4 is 11.1 Å². The van der Waals surface area contributed by atoms with Crippen molar-refractivity contribution >= 4 is 0 Å². The van der Waals surface area contributed by atoms with Crippen LogP contribution in [0.3, 0.4) is 0 Å². The van der Waals surface area contributed by atoms with Crippen LogP contribution in [-0.4, -0.2) is 19.6 Å². The van der Waals surface area contributed by atoms with Gasteiger partial charge in [-0.25, -0.2) is 0 Å². The maximum Gasteiger partial charge on any atom is -0.00204 e. The van der Waals surface area contributed by atoms with Gasteiger partial charge >= 0.3 is 0 Å². The summed E-state index contributed by atoms with van der Waals surface area (Å²) in [6, 6.07) is 0. The highest BCUT2D eigenvalue weighted by Gasteiger charge is 2.14. The molecule has 1 aliphatic heterocycles. The Kier molecular flexibility index (Phi) is 3.87. The average Bonchev–Trinajstić information content (AvgIpc) is 2.06. The Bertz CT molecular complexity index is 97.7. The average molecular weight is 156 g/mol. The fraction of sp³-hybridized carbons (Fsp3) is 1.00. The third-order valence-electron chi connectivity index (χ3n) is 2.54. The summed E-state index contributed by atoms with van der Waals surface area (Å²) in [4.78, 5) is 0. The number of nitrogens with one attached hydrogen (secondary N) is 1. The van der Waals surface area contributed by atoms with Gasteiger partial charge in [0.25, 0.3) is 0 Å². The lowest BCUT2D eigenvalue weighted by atomic mass is 9.90. The second-order valence-corrected chi connectivity index (χ2v) is 3.79. The minimum absolute atomic E-state index is 0.708. The van der Waals surface area contributed by atoms with E-state index in [1.807, 2.05) is 0 Å². The lowest BCUT2D eigenvalue weighted by Crippen LogP contribution is -2.31. The molecule has 2 atom stereocenters. The first-order valence-electron chi connectivity index (χ1n) is 4.73. The van der Waals surface area contributed by atoms with Crippen LogP contribution in [0.2, 0.25) is 0 Å². The molecule has 0 aliphatic carbocycles. The van der Waals surface area contributed by atoms with Crippen molar-refractivity contribution in [1.82, 2.24) is 5.32 Å². The van der Waals surface area contributed by atoms with E-state index in [1.165, 1.54) is 32.4 Å². The Morgan fingerprint density at radius 3 is 3.00 bits per heavy atom. The van der Waals surface area contributed by atoms with E-state index in [9.17, 15) is 0 Å². The van der Waals surface area contributed by atoms with Gasteiger partial charge in [-0.05, 0) is 50.7 Å². The van der Waals surface area contributed by atoms with Crippen molar-refractivity contribution in [2.24, 2.45) is 17.6 Å². The zero-order chi connectivity index (χ0) is 8.10. The monoisotopic (exact) mass is 156 g/mol. The molecule has 1 fully saturated rings. The summed E-state index contributed by atoms with van der Waals surface area (Å²) in [7, 11) is 0. The van der Waals surface area contributed by atoms with Crippen LogP contribution >= 0.6 is 0 Å². The summed E-state index contributed by atoms with van der Waals surface area (Å²) in [5, 5.41) is 3.42. The maximum atomic E-state index is 5.57. The van der Waals surface area contributed by atoms with Gasteiger partial charge in [0, 0.05) is 0 Å². The van der Waals surface area contributed by atoms with Gasteiger partial charge in [0.2, 0.25) is 0 Å². The molecule has 0 aromatic carbocycles. The Hall–Kier alpha value is -0.0800. The fourth-order valence-corrected chi connectivity index (χ4v) is 1.79. The quantitative estimate of drug-likeness (QED) is 0.639. The molecule has 0 bridgehead atoms. The zero-order valence-electron chi connectivity index (χ0n) is 7.47. The van der Waals surface area contributed by atoms with Crippen molar-refractivity contribution in [1.29, 1.82) is 0 Å². The summed E-state index contributed by atoms with van der Waals surface area (Å²) < 4.78 is 0. The van der Waals surface area contributed by atoms with Gasteiger partial charge < -0.3 is 11.1 Å². The number of piperidine rings is 1. The summed E-state index contributed by atoms with van der Waals surface area (Å²) in [5.74, 6) is 1.60. The SMILES string of the molecule is CC(CN)CC1CCCNC1. The van der Waals surface area contributed by atoms with Crippen LogP contribution in [0.5, 0.6) is 0 Å². The molecule has 0 amide bonds. The molecule has 0 spiro atoms. The third kappa shape index (κ3) is 3.21. The highest BCUT2D eigenvalue weighted by molar-refractivity contribution is 4.71. The third-order valence-corrected chi connectivity index (χ3v) is 2.54.